The third-order valence-electron chi connectivity index (χ3n) is 5.99. The van der Waals surface area contributed by atoms with E-state index in [1.807, 2.05) is 42.5 Å². The number of para-hydroxylation sites is 1. The zero-order chi connectivity index (χ0) is 22.1. The lowest BCUT2D eigenvalue weighted by atomic mass is 9.88. The first-order valence-corrected chi connectivity index (χ1v) is 10.7. The summed E-state index contributed by atoms with van der Waals surface area (Å²) in [7, 11) is 0. The molecule has 0 fully saturated rings. The minimum absolute atomic E-state index is 0.336. The molecule has 1 N–H and O–H groups in total. The molecule has 0 radical (unpaired) electrons. The van der Waals surface area contributed by atoms with Crippen molar-refractivity contribution in [2.24, 2.45) is 0 Å². The third kappa shape index (κ3) is 3.52. The molecule has 0 aliphatic carbocycles. The number of hydrogen-bond acceptors (Lipinski definition) is 5. The van der Waals surface area contributed by atoms with Crippen LogP contribution in [-0.4, -0.2) is 36.6 Å². The van der Waals surface area contributed by atoms with E-state index in [-0.39, 0.29) is 12.2 Å². The van der Waals surface area contributed by atoms with E-state index in [9.17, 15) is 14.7 Å². The summed E-state index contributed by atoms with van der Waals surface area (Å²) in [4.78, 5) is 28.1. The van der Waals surface area contributed by atoms with Crippen LogP contribution in [0.5, 0.6) is 11.5 Å². The van der Waals surface area contributed by atoms with Crippen molar-refractivity contribution in [1.29, 1.82) is 0 Å². The number of anilines is 1. The highest BCUT2D eigenvalue weighted by Crippen LogP contribution is 2.43. The van der Waals surface area contributed by atoms with Gasteiger partial charge in [0.2, 0.25) is 0 Å². The number of benzene rings is 3. The molecule has 2 aliphatic rings. The fourth-order valence-corrected chi connectivity index (χ4v) is 4.34. The van der Waals surface area contributed by atoms with Gasteiger partial charge in [0.1, 0.15) is 13.2 Å². The lowest BCUT2D eigenvalue weighted by Crippen LogP contribution is -2.42. The van der Waals surface area contributed by atoms with E-state index in [0.29, 0.717) is 54.5 Å². The van der Waals surface area contributed by atoms with E-state index in [1.165, 1.54) is 0 Å². The summed E-state index contributed by atoms with van der Waals surface area (Å²) in [6.07, 6.45) is 0.303. The van der Waals surface area contributed by atoms with Gasteiger partial charge in [0, 0.05) is 17.7 Å². The molecule has 162 valence electrons. The molecule has 5 rings (SSSR count). The minimum atomic E-state index is -1.91. The van der Waals surface area contributed by atoms with Crippen molar-refractivity contribution in [3.05, 3.63) is 89.5 Å². The molecule has 3 aromatic carbocycles. The van der Waals surface area contributed by atoms with Gasteiger partial charge < -0.3 is 19.5 Å². The van der Waals surface area contributed by atoms with Gasteiger partial charge in [0.15, 0.2) is 22.9 Å². The van der Waals surface area contributed by atoms with Crippen LogP contribution < -0.4 is 14.4 Å². The molecular formula is C26H23NO5. The third-order valence-corrected chi connectivity index (χ3v) is 5.99. The second kappa shape index (κ2) is 8.13. The highest BCUT2D eigenvalue weighted by atomic mass is 16.6. The lowest BCUT2D eigenvalue weighted by molar-refractivity contribution is -0.135. The van der Waals surface area contributed by atoms with E-state index < -0.39 is 11.5 Å². The summed E-state index contributed by atoms with van der Waals surface area (Å²) in [5.41, 5.74) is 0.670. The molecule has 0 unspecified atom stereocenters. The number of ether oxygens (including phenoxy) is 2. The van der Waals surface area contributed by atoms with Crippen molar-refractivity contribution < 1.29 is 24.2 Å². The highest BCUT2D eigenvalue weighted by Gasteiger charge is 2.50. The molecule has 0 spiro atoms. The van der Waals surface area contributed by atoms with E-state index in [4.69, 9.17) is 9.47 Å². The van der Waals surface area contributed by atoms with Gasteiger partial charge in [-0.3, -0.25) is 9.59 Å². The molecule has 32 heavy (non-hydrogen) atoms. The highest BCUT2D eigenvalue weighted by molar-refractivity contribution is 6.10. The van der Waals surface area contributed by atoms with Crippen molar-refractivity contribution in [2.45, 2.75) is 18.4 Å². The number of hydrogen-bond donors (Lipinski definition) is 1. The topological polar surface area (TPSA) is 76.1 Å². The maximum absolute atomic E-state index is 13.4. The van der Waals surface area contributed by atoms with E-state index in [0.717, 1.165) is 5.56 Å². The van der Waals surface area contributed by atoms with Gasteiger partial charge in [0.05, 0.1) is 12.1 Å². The molecule has 6 nitrogen and oxygen atoms in total. The minimum Gasteiger partial charge on any atom is -0.486 e. The maximum Gasteiger partial charge on any atom is 0.264 e. The average Bonchev–Trinajstić information content (AvgIpc) is 3.04. The first-order valence-electron chi connectivity index (χ1n) is 10.7. The van der Waals surface area contributed by atoms with Crippen LogP contribution in [0.3, 0.4) is 0 Å². The summed E-state index contributed by atoms with van der Waals surface area (Å²) in [5.74, 6) is 0.274. The Labute approximate surface area is 186 Å². The Kier molecular flexibility index (Phi) is 5.15. The van der Waals surface area contributed by atoms with Crippen LogP contribution in [0.2, 0.25) is 0 Å². The second-order valence-electron chi connectivity index (χ2n) is 8.03. The number of ketones is 1. The Morgan fingerprint density at radius 1 is 0.938 bits per heavy atom. The maximum atomic E-state index is 13.4. The molecule has 0 bridgehead atoms. The zero-order valence-electron chi connectivity index (χ0n) is 17.5. The van der Waals surface area contributed by atoms with Crippen LogP contribution in [0, 0.1) is 0 Å². The molecule has 0 saturated heterocycles. The molecule has 2 aliphatic heterocycles. The summed E-state index contributed by atoms with van der Waals surface area (Å²) in [6, 6.07) is 21.9. The molecular weight excluding hydrogens is 406 g/mol. The van der Waals surface area contributed by atoms with Gasteiger partial charge in [-0.25, -0.2) is 0 Å². The fraction of sp³-hybridized carbons (Fsp3) is 0.231. The number of carbonyl (C=O) groups is 2. The summed E-state index contributed by atoms with van der Waals surface area (Å²) in [6.45, 7) is 1.29. The quantitative estimate of drug-likeness (QED) is 0.607. The number of carbonyl (C=O) groups excluding carboxylic acids is 2. The smallest absolute Gasteiger partial charge is 0.264 e. The summed E-state index contributed by atoms with van der Waals surface area (Å²) < 4.78 is 11.1. The molecule has 3 aromatic rings. The lowest BCUT2D eigenvalue weighted by Gasteiger charge is -2.23. The molecule has 2 heterocycles. The number of aliphatic hydroxyl groups is 1. The second-order valence-corrected chi connectivity index (χ2v) is 8.03. The number of rotatable bonds is 6. The average molecular weight is 429 g/mol. The Bertz CT molecular complexity index is 1180. The van der Waals surface area contributed by atoms with Gasteiger partial charge in [-0.15, -0.1) is 0 Å². The van der Waals surface area contributed by atoms with Gasteiger partial charge in [-0.2, -0.15) is 0 Å². The Morgan fingerprint density at radius 2 is 1.66 bits per heavy atom. The fourth-order valence-electron chi connectivity index (χ4n) is 4.34. The van der Waals surface area contributed by atoms with Crippen molar-refractivity contribution >= 4 is 17.4 Å². The van der Waals surface area contributed by atoms with Crippen LogP contribution in [0.25, 0.3) is 0 Å². The number of Topliss-reactive ketones (excluding diaryl/α,β-unsaturated/α-hetero) is 1. The first kappa shape index (κ1) is 20.3. The Hall–Kier alpha value is -3.64. The number of nitrogens with zero attached hydrogens (tertiary/aromatic N) is 1. The molecule has 1 atom stereocenters. The van der Waals surface area contributed by atoms with E-state index in [1.54, 1.807) is 35.2 Å². The van der Waals surface area contributed by atoms with Crippen LogP contribution in [0.15, 0.2) is 72.8 Å². The van der Waals surface area contributed by atoms with Gasteiger partial charge in [-0.1, -0.05) is 48.5 Å². The van der Waals surface area contributed by atoms with Crippen molar-refractivity contribution in [3.63, 3.8) is 0 Å². The Balaban J connectivity index is 1.40. The largest absolute Gasteiger partial charge is 0.486 e. The summed E-state index contributed by atoms with van der Waals surface area (Å²) in [5, 5.41) is 11.5. The van der Waals surface area contributed by atoms with Crippen molar-refractivity contribution in [1.82, 2.24) is 0 Å². The van der Waals surface area contributed by atoms with Crippen LogP contribution in [-0.2, 0) is 16.8 Å². The monoisotopic (exact) mass is 429 g/mol. The normalized spacial score (nSPS) is 19.0. The SMILES string of the molecule is O=C(C[C@@]1(O)C(=O)N(CCc2ccccc2)c2ccccc21)c1ccc2c(c1)OCCO2. The molecule has 6 heteroatoms. The standard InChI is InChI=1S/C26H23NO5/c28-22(19-10-11-23-24(16-19)32-15-14-31-23)17-26(30)20-8-4-5-9-21(20)27(25(26)29)13-12-18-6-2-1-3-7-18/h1-11,16,30H,12-15,17H2/t26-/m0/s1. The van der Waals surface area contributed by atoms with Crippen LogP contribution in [0.1, 0.15) is 27.9 Å². The number of amides is 1. The Morgan fingerprint density at radius 3 is 2.47 bits per heavy atom. The predicted octanol–water partition coefficient (Wildman–Crippen LogP) is 3.51. The van der Waals surface area contributed by atoms with Crippen molar-refractivity contribution in [2.75, 3.05) is 24.7 Å². The summed E-state index contributed by atoms with van der Waals surface area (Å²) >= 11 is 0. The zero-order valence-corrected chi connectivity index (χ0v) is 17.5. The van der Waals surface area contributed by atoms with Crippen LogP contribution >= 0.6 is 0 Å². The van der Waals surface area contributed by atoms with Gasteiger partial charge in [0.25, 0.3) is 5.91 Å². The van der Waals surface area contributed by atoms with Crippen molar-refractivity contribution in [3.8, 4) is 11.5 Å². The van der Waals surface area contributed by atoms with Crippen LogP contribution in [0.4, 0.5) is 5.69 Å². The van der Waals surface area contributed by atoms with Gasteiger partial charge in [-0.05, 0) is 36.2 Å². The van der Waals surface area contributed by atoms with E-state index in [2.05, 4.69) is 0 Å². The van der Waals surface area contributed by atoms with Gasteiger partial charge >= 0.3 is 0 Å². The predicted molar refractivity (Wildman–Crippen MR) is 119 cm³/mol. The number of fused-ring (bicyclic) bond motifs is 2. The van der Waals surface area contributed by atoms with E-state index >= 15 is 0 Å². The molecule has 1 amide bonds. The first-order chi connectivity index (χ1) is 15.6. The molecule has 0 aromatic heterocycles. The molecule has 0 saturated carbocycles.